The van der Waals surface area contributed by atoms with Crippen molar-refractivity contribution in [2.24, 2.45) is 0 Å². The average Bonchev–Trinajstić information content (AvgIpc) is 2.00. The molecule has 0 amide bonds. The maximum absolute atomic E-state index is 12.2. The summed E-state index contributed by atoms with van der Waals surface area (Å²) >= 11 is 0. The summed E-state index contributed by atoms with van der Waals surface area (Å²) in [6.07, 6.45) is -5.54. The fourth-order valence-electron chi connectivity index (χ4n) is 0.646. The molecule has 0 aliphatic heterocycles. The zero-order chi connectivity index (χ0) is 12.5. The number of rotatable bonds is 4. The van der Waals surface area contributed by atoms with E-state index in [9.17, 15) is 30.0 Å². The van der Waals surface area contributed by atoms with Gasteiger partial charge >= 0.3 is 10.8 Å². The predicted octanol–water partition coefficient (Wildman–Crippen LogP) is -0.173. The van der Waals surface area contributed by atoms with E-state index in [1.807, 2.05) is 0 Å². The summed E-state index contributed by atoms with van der Waals surface area (Å²) in [4.78, 5) is 0. The second-order valence-corrected chi connectivity index (χ2v) is 6.07. The van der Waals surface area contributed by atoms with Gasteiger partial charge in [-0.05, 0) is 0 Å². The molecule has 15 heavy (non-hydrogen) atoms. The van der Waals surface area contributed by atoms with Gasteiger partial charge in [-0.1, -0.05) is 0 Å². The maximum Gasteiger partial charge on any atom is 0.424 e. The smallest absolute Gasteiger partial charge is 0.272 e. The second kappa shape index (κ2) is 4.23. The van der Waals surface area contributed by atoms with Crippen molar-refractivity contribution < 1.29 is 38.4 Å². The van der Waals surface area contributed by atoms with Crippen molar-refractivity contribution in [2.75, 3.05) is 14.2 Å². The molecule has 11 heteroatoms. The lowest BCUT2D eigenvalue weighted by atomic mass is 10.8. The van der Waals surface area contributed by atoms with Crippen LogP contribution in [0.15, 0.2) is 0 Å². The van der Waals surface area contributed by atoms with Crippen molar-refractivity contribution in [2.45, 2.75) is 10.8 Å². The molecular weight excluding hydrogens is 265 g/mol. The molecule has 0 aromatic rings. The second-order valence-electron chi connectivity index (χ2n) is 2.19. The van der Waals surface area contributed by atoms with Crippen LogP contribution in [0.2, 0.25) is 0 Å². The first-order valence-corrected chi connectivity index (χ1v) is 6.09. The molecule has 0 atom stereocenters. The summed E-state index contributed by atoms with van der Waals surface area (Å²) in [5.74, 6) is 0. The first-order valence-electron chi connectivity index (χ1n) is 3.14. The molecule has 0 saturated carbocycles. The van der Waals surface area contributed by atoms with E-state index in [4.69, 9.17) is 0 Å². The van der Waals surface area contributed by atoms with Crippen LogP contribution in [0.3, 0.4) is 0 Å². The van der Waals surface area contributed by atoms with Crippen LogP contribution >= 0.6 is 0 Å². The van der Waals surface area contributed by atoms with Gasteiger partial charge in [-0.15, -0.1) is 0 Å². The Morgan fingerprint density at radius 1 is 0.933 bits per heavy atom. The summed E-state index contributed by atoms with van der Waals surface area (Å²) in [6, 6.07) is 0. The van der Waals surface area contributed by atoms with E-state index in [0.717, 1.165) is 0 Å². The summed E-state index contributed by atoms with van der Waals surface area (Å²) in [5.41, 5.74) is 0. The zero-order valence-electron chi connectivity index (χ0n) is 7.48. The minimum Gasteiger partial charge on any atom is -0.272 e. The van der Waals surface area contributed by atoms with Gasteiger partial charge in [0.1, 0.15) is 0 Å². The molecule has 0 aromatic carbocycles. The predicted molar refractivity (Wildman–Crippen MR) is 41.7 cm³/mol. The van der Waals surface area contributed by atoms with Crippen LogP contribution < -0.4 is 0 Å². The van der Waals surface area contributed by atoms with Crippen LogP contribution in [-0.4, -0.2) is 41.8 Å². The molecule has 0 saturated heterocycles. The Bertz CT molecular complexity index is 372. The standard InChI is InChI=1S/C4H7F3O6S2/c1-12-14(8,9)3(4(5,6)7)15(10,11)13-2/h3H,1-2H3. The van der Waals surface area contributed by atoms with Crippen molar-refractivity contribution in [1.82, 2.24) is 0 Å². The highest BCUT2D eigenvalue weighted by atomic mass is 32.3. The van der Waals surface area contributed by atoms with Crippen LogP contribution in [0.4, 0.5) is 13.2 Å². The molecule has 92 valence electrons. The molecule has 0 aromatic heterocycles. The van der Waals surface area contributed by atoms with Crippen molar-refractivity contribution in [1.29, 1.82) is 0 Å². The Kier molecular flexibility index (Phi) is 4.12. The van der Waals surface area contributed by atoms with E-state index in [1.54, 1.807) is 0 Å². The highest BCUT2D eigenvalue weighted by Gasteiger charge is 2.58. The third kappa shape index (κ3) is 3.29. The molecule has 0 aliphatic rings. The molecule has 6 nitrogen and oxygen atoms in total. The summed E-state index contributed by atoms with van der Waals surface area (Å²) < 4.78 is 82.8. The first-order chi connectivity index (χ1) is 6.49. The molecule has 0 bridgehead atoms. The Morgan fingerprint density at radius 2 is 1.20 bits per heavy atom. The normalized spacial score (nSPS) is 14.5. The fourth-order valence-corrected chi connectivity index (χ4v) is 3.28. The van der Waals surface area contributed by atoms with Gasteiger partial charge in [0.05, 0.1) is 14.2 Å². The van der Waals surface area contributed by atoms with Crippen LogP contribution in [-0.2, 0) is 28.6 Å². The van der Waals surface area contributed by atoms with Gasteiger partial charge in [0.15, 0.2) is 0 Å². The summed E-state index contributed by atoms with van der Waals surface area (Å²) in [6.45, 7) is 0. The van der Waals surface area contributed by atoms with Crippen LogP contribution in [0, 0.1) is 0 Å². The largest absolute Gasteiger partial charge is 0.424 e. The molecule has 0 spiro atoms. The van der Waals surface area contributed by atoms with E-state index in [2.05, 4.69) is 8.37 Å². The van der Waals surface area contributed by atoms with E-state index >= 15 is 0 Å². The van der Waals surface area contributed by atoms with Gasteiger partial charge in [-0.25, -0.2) is 0 Å². The zero-order valence-corrected chi connectivity index (χ0v) is 9.11. The Labute approximate surface area is 84.2 Å². The van der Waals surface area contributed by atoms with E-state index in [0.29, 0.717) is 14.2 Å². The van der Waals surface area contributed by atoms with E-state index in [1.165, 1.54) is 0 Å². The monoisotopic (exact) mass is 272 g/mol. The molecule has 0 N–H and O–H groups in total. The van der Waals surface area contributed by atoms with Crippen LogP contribution in [0.25, 0.3) is 0 Å². The van der Waals surface area contributed by atoms with Gasteiger partial charge in [-0.2, -0.15) is 30.0 Å². The van der Waals surface area contributed by atoms with Crippen LogP contribution in [0.5, 0.6) is 0 Å². The summed E-state index contributed by atoms with van der Waals surface area (Å²) in [7, 11) is -9.82. The van der Waals surface area contributed by atoms with Gasteiger partial charge in [0.25, 0.3) is 20.2 Å². The first kappa shape index (κ1) is 14.6. The van der Waals surface area contributed by atoms with Gasteiger partial charge < -0.3 is 0 Å². The molecule has 0 heterocycles. The number of alkyl halides is 3. The number of hydrogen-bond acceptors (Lipinski definition) is 6. The lowest BCUT2D eigenvalue weighted by Gasteiger charge is -2.17. The minimum atomic E-state index is -5.54. The third-order valence-electron chi connectivity index (χ3n) is 1.26. The number of halogens is 3. The lowest BCUT2D eigenvalue weighted by molar-refractivity contribution is -0.117. The summed E-state index contributed by atoms with van der Waals surface area (Å²) in [5, 5.41) is 0. The topological polar surface area (TPSA) is 86.7 Å². The average molecular weight is 272 g/mol. The Balaban J connectivity index is 5.71. The maximum atomic E-state index is 12.2. The molecule has 0 aliphatic carbocycles. The van der Waals surface area contributed by atoms with Gasteiger partial charge in [0, 0.05) is 0 Å². The quantitative estimate of drug-likeness (QED) is 0.660. The minimum absolute atomic E-state index is 0.416. The Morgan fingerprint density at radius 3 is 1.33 bits per heavy atom. The van der Waals surface area contributed by atoms with Crippen molar-refractivity contribution in [3.05, 3.63) is 0 Å². The van der Waals surface area contributed by atoms with Crippen molar-refractivity contribution >= 4 is 20.2 Å². The molecule has 0 fully saturated rings. The van der Waals surface area contributed by atoms with E-state index in [-0.39, 0.29) is 0 Å². The lowest BCUT2D eigenvalue weighted by Crippen LogP contribution is -2.44. The Hall–Kier alpha value is -0.390. The van der Waals surface area contributed by atoms with Crippen molar-refractivity contribution in [3.63, 3.8) is 0 Å². The van der Waals surface area contributed by atoms with Gasteiger partial charge in [-0.3, -0.25) is 8.37 Å². The van der Waals surface area contributed by atoms with Gasteiger partial charge in [0.2, 0.25) is 0 Å². The molecule has 0 radical (unpaired) electrons. The molecular formula is C4H7F3O6S2. The molecule has 0 rings (SSSR count). The third-order valence-corrected chi connectivity index (χ3v) is 5.18. The highest BCUT2D eigenvalue weighted by Crippen LogP contribution is 2.31. The highest BCUT2D eigenvalue weighted by molar-refractivity contribution is 8.04. The fraction of sp³-hybridized carbons (Fsp3) is 1.00. The number of hydrogen-bond donors (Lipinski definition) is 0. The SMILES string of the molecule is COS(=O)(=O)C(C(F)(F)F)S(=O)(=O)OC. The van der Waals surface area contributed by atoms with E-state index < -0.39 is 31.0 Å². The van der Waals surface area contributed by atoms with Crippen molar-refractivity contribution in [3.8, 4) is 0 Å². The molecule has 0 unspecified atom stereocenters. The van der Waals surface area contributed by atoms with Crippen LogP contribution in [0.1, 0.15) is 0 Å².